The van der Waals surface area contributed by atoms with Crippen LogP contribution in [0.15, 0.2) is 18.2 Å². The van der Waals surface area contributed by atoms with Gasteiger partial charge in [0.25, 0.3) is 0 Å². The molecule has 0 bridgehead atoms. The fourth-order valence-electron chi connectivity index (χ4n) is 1.21. The van der Waals surface area contributed by atoms with E-state index in [1.165, 1.54) is 0 Å². The van der Waals surface area contributed by atoms with Crippen molar-refractivity contribution >= 4 is 29.0 Å². The average molecular weight is 271 g/mol. The minimum atomic E-state index is -4.57. The lowest BCUT2D eigenvalue weighted by Gasteiger charge is -2.11. The minimum absolute atomic E-state index is 0.0252. The number of carbonyl (C=O) groups excluding carboxylic acids is 1. The third-order valence-corrected chi connectivity index (χ3v) is 2.33. The molecule has 1 aromatic carbocycles. The van der Waals surface area contributed by atoms with Crippen molar-refractivity contribution in [3.8, 4) is 0 Å². The van der Waals surface area contributed by atoms with Crippen LogP contribution < -0.4 is 0 Å². The fourth-order valence-corrected chi connectivity index (χ4v) is 1.56. The monoisotopic (exact) mass is 270 g/mol. The molecule has 0 saturated heterocycles. The Balaban J connectivity index is 3.24. The second-order valence-electron chi connectivity index (χ2n) is 3.05. The van der Waals surface area contributed by atoms with Crippen molar-refractivity contribution in [3.63, 3.8) is 0 Å². The van der Waals surface area contributed by atoms with E-state index < -0.39 is 23.1 Å². The summed E-state index contributed by atoms with van der Waals surface area (Å²) in [6.07, 6.45) is -4.72. The Labute approximate surface area is 100 Å². The molecule has 0 saturated carbocycles. The molecule has 6 heteroatoms. The molecule has 1 rings (SSSR count). The number of rotatable bonds is 3. The summed E-state index contributed by atoms with van der Waals surface area (Å²) >= 11 is 10.9. The summed E-state index contributed by atoms with van der Waals surface area (Å²) in [5, 5.41) is 0.0888. The van der Waals surface area contributed by atoms with Gasteiger partial charge in [0.2, 0.25) is 0 Å². The molecular formula is C10H7Cl2F3O. The summed E-state index contributed by atoms with van der Waals surface area (Å²) in [5.74, 6) is -0.687. The number of halogens is 5. The van der Waals surface area contributed by atoms with Crippen LogP contribution in [0.25, 0.3) is 0 Å². The van der Waals surface area contributed by atoms with Gasteiger partial charge in [-0.15, -0.1) is 11.6 Å². The van der Waals surface area contributed by atoms with E-state index in [2.05, 4.69) is 0 Å². The lowest BCUT2D eigenvalue weighted by molar-refractivity contribution is -0.137. The zero-order valence-electron chi connectivity index (χ0n) is 7.94. The number of hydrogen-bond donors (Lipinski definition) is 0. The first kappa shape index (κ1) is 13.3. The van der Waals surface area contributed by atoms with Crippen molar-refractivity contribution in [1.82, 2.24) is 0 Å². The molecule has 0 aliphatic rings. The molecule has 1 aromatic rings. The third-order valence-electron chi connectivity index (χ3n) is 1.91. The highest BCUT2D eigenvalue weighted by Gasteiger charge is 2.34. The first-order valence-electron chi connectivity index (χ1n) is 4.32. The summed E-state index contributed by atoms with van der Waals surface area (Å²) in [5.41, 5.74) is -1.41. The van der Waals surface area contributed by atoms with Gasteiger partial charge in [-0.1, -0.05) is 11.6 Å². The normalized spacial score (nSPS) is 11.6. The number of benzene rings is 1. The third kappa shape index (κ3) is 3.12. The van der Waals surface area contributed by atoms with Crippen molar-refractivity contribution in [2.75, 3.05) is 5.88 Å². The molecule has 1 nitrogen and oxygen atoms in total. The summed E-state index contributed by atoms with van der Waals surface area (Å²) in [6.45, 7) is 0. The number of ketones is 1. The molecule has 0 fully saturated rings. The molecule has 0 radical (unpaired) electrons. The SMILES string of the molecule is O=C(CCCl)c1cc(Cl)ccc1C(F)(F)F. The lowest BCUT2D eigenvalue weighted by atomic mass is 10.0. The van der Waals surface area contributed by atoms with Crippen LogP contribution in [0.2, 0.25) is 5.02 Å². The Morgan fingerprint density at radius 3 is 2.44 bits per heavy atom. The summed E-state index contributed by atoms with van der Waals surface area (Å²) in [6, 6.07) is 2.91. The van der Waals surface area contributed by atoms with E-state index in [9.17, 15) is 18.0 Å². The van der Waals surface area contributed by atoms with Crippen LogP contribution in [-0.2, 0) is 6.18 Å². The molecule has 0 atom stereocenters. The zero-order valence-corrected chi connectivity index (χ0v) is 9.46. The fraction of sp³-hybridized carbons (Fsp3) is 0.300. The van der Waals surface area contributed by atoms with E-state index in [1.54, 1.807) is 0 Å². The number of Topliss-reactive ketones (excluding diaryl/α,β-unsaturated/α-hetero) is 1. The predicted molar refractivity (Wildman–Crippen MR) is 56.1 cm³/mol. The molecule has 0 heterocycles. The lowest BCUT2D eigenvalue weighted by Crippen LogP contribution is -2.13. The summed E-state index contributed by atoms with van der Waals surface area (Å²) < 4.78 is 37.7. The average Bonchev–Trinajstić information content (AvgIpc) is 2.16. The van der Waals surface area contributed by atoms with Crippen LogP contribution in [0.5, 0.6) is 0 Å². The maximum atomic E-state index is 12.6. The quantitative estimate of drug-likeness (QED) is 0.595. The van der Waals surface area contributed by atoms with Gasteiger partial charge in [-0.05, 0) is 18.2 Å². The molecule has 0 spiro atoms. The van der Waals surface area contributed by atoms with Gasteiger partial charge in [-0.2, -0.15) is 13.2 Å². The second kappa shape index (κ2) is 5.06. The first-order chi connectivity index (χ1) is 7.36. The molecule has 88 valence electrons. The Bertz CT molecular complexity index is 402. The van der Waals surface area contributed by atoms with Gasteiger partial charge < -0.3 is 0 Å². The standard InChI is InChI=1S/C10H7Cl2F3O/c11-4-3-9(16)7-5-6(12)1-2-8(7)10(13,14)15/h1-2,5H,3-4H2. The molecule has 0 aliphatic heterocycles. The van der Waals surface area contributed by atoms with E-state index in [0.717, 1.165) is 18.2 Å². The van der Waals surface area contributed by atoms with E-state index in [4.69, 9.17) is 23.2 Å². The highest BCUT2D eigenvalue weighted by molar-refractivity contribution is 6.31. The molecule has 0 unspecified atom stereocenters. The van der Waals surface area contributed by atoms with Crippen molar-refractivity contribution in [3.05, 3.63) is 34.3 Å². The van der Waals surface area contributed by atoms with Gasteiger partial charge in [0.15, 0.2) is 5.78 Å². The summed E-state index contributed by atoms with van der Waals surface area (Å²) in [7, 11) is 0. The van der Waals surface area contributed by atoms with Crippen LogP contribution in [0, 0.1) is 0 Å². The highest BCUT2D eigenvalue weighted by atomic mass is 35.5. The molecular weight excluding hydrogens is 264 g/mol. The van der Waals surface area contributed by atoms with Crippen LogP contribution >= 0.6 is 23.2 Å². The van der Waals surface area contributed by atoms with E-state index in [-0.39, 0.29) is 17.3 Å². The van der Waals surface area contributed by atoms with Crippen molar-refractivity contribution in [2.24, 2.45) is 0 Å². The number of hydrogen-bond acceptors (Lipinski definition) is 1. The second-order valence-corrected chi connectivity index (χ2v) is 3.86. The Kier molecular flexibility index (Phi) is 4.21. The maximum absolute atomic E-state index is 12.6. The number of carbonyl (C=O) groups is 1. The van der Waals surface area contributed by atoms with Gasteiger partial charge in [0.05, 0.1) is 5.56 Å². The van der Waals surface area contributed by atoms with Crippen molar-refractivity contribution in [2.45, 2.75) is 12.6 Å². The maximum Gasteiger partial charge on any atom is 0.417 e. The molecule has 0 amide bonds. The molecule has 0 aliphatic carbocycles. The van der Waals surface area contributed by atoms with Gasteiger partial charge >= 0.3 is 6.18 Å². The Morgan fingerprint density at radius 1 is 1.31 bits per heavy atom. The van der Waals surface area contributed by atoms with E-state index in [1.807, 2.05) is 0 Å². The molecule has 16 heavy (non-hydrogen) atoms. The van der Waals surface area contributed by atoms with Gasteiger partial charge in [0, 0.05) is 22.9 Å². The van der Waals surface area contributed by atoms with Crippen LogP contribution in [0.4, 0.5) is 13.2 Å². The van der Waals surface area contributed by atoms with Crippen molar-refractivity contribution in [1.29, 1.82) is 0 Å². The Hall–Kier alpha value is -0.740. The largest absolute Gasteiger partial charge is 0.417 e. The molecule has 0 aromatic heterocycles. The van der Waals surface area contributed by atoms with Gasteiger partial charge in [0.1, 0.15) is 0 Å². The van der Waals surface area contributed by atoms with Crippen molar-refractivity contribution < 1.29 is 18.0 Å². The topological polar surface area (TPSA) is 17.1 Å². The summed E-state index contributed by atoms with van der Waals surface area (Å²) in [4.78, 5) is 11.4. The first-order valence-corrected chi connectivity index (χ1v) is 5.23. The van der Waals surface area contributed by atoms with Crippen LogP contribution in [0.1, 0.15) is 22.3 Å². The van der Waals surface area contributed by atoms with Gasteiger partial charge in [-0.25, -0.2) is 0 Å². The number of alkyl halides is 4. The zero-order chi connectivity index (χ0) is 12.3. The Morgan fingerprint density at radius 2 is 1.94 bits per heavy atom. The van der Waals surface area contributed by atoms with Gasteiger partial charge in [-0.3, -0.25) is 4.79 Å². The van der Waals surface area contributed by atoms with Crippen LogP contribution in [0.3, 0.4) is 0 Å². The predicted octanol–water partition coefficient (Wildman–Crippen LogP) is 4.17. The van der Waals surface area contributed by atoms with E-state index in [0.29, 0.717) is 0 Å². The smallest absolute Gasteiger partial charge is 0.294 e. The highest BCUT2D eigenvalue weighted by Crippen LogP contribution is 2.33. The van der Waals surface area contributed by atoms with Crippen LogP contribution in [-0.4, -0.2) is 11.7 Å². The minimum Gasteiger partial charge on any atom is -0.294 e. The molecule has 0 N–H and O–H groups in total. The van der Waals surface area contributed by atoms with E-state index >= 15 is 0 Å².